The van der Waals surface area contributed by atoms with Gasteiger partial charge in [-0.2, -0.15) is 0 Å². The summed E-state index contributed by atoms with van der Waals surface area (Å²) < 4.78 is 12.0. The van der Waals surface area contributed by atoms with E-state index in [2.05, 4.69) is 27.3 Å². The van der Waals surface area contributed by atoms with E-state index in [0.29, 0.717) is 5.92 Å². The summed E-state index contributed by atoms with van der Waals surface area (Å²) in [5, 5.41) is 3.34. The molecule has 0 amide bonds. The first-order valence-corrected chi connectivity index (χ1v) is 6.79. The number of para-hydroxylation sites is 1. The van der Waals surface area contributed by atoms with E-state index in [0.717, 1.165) is 49.6 Å². The van der Waals surface area contributed by atoms with Crippen LogP contribution < -0.4 is 5.32 Å². The third kappa shape index (κ3) is 4.30. The summed E-state index contributed by atoms with van der Waals surface area (Å²) in [6.07, 6.45) is 1.14. The van der Waals surface area contributed by atoms with Crippen LogP contribution in [0.5, 0.6) is 0 Å². The number of hydrogen-bond acceptors (Lipinski definition) is 3. The molecule has 1 heterocycles. The van der Waals surface area contributed by atoms with Crippen LogP contribution in [0.1, 0.15) is 6.42 Å². The molecule has 4 heteroatoms. The summed E-state index contributed by atoms with van der Waals surface area (Å²) >= 11 is 3.50. The Morgan fingerprint density at radius 3 is 3.06 bits per heavy atom. The van der Waals surface area contributed by atoms with Crippen LogP contribution in [-0.4, -0.2) is 33.0 Å². The van der Waals surface area contributed by atoms with Gasteiger partial charge in [-0.05, 0) is 34.5 Å². The first kappa shape index (κ1) is 12.9. The fourth-order valence-electron chi connectivity index (χ4n) is 1.83. The molecule has 1 aromatic rings. The van der Waals surface area contributed by atoms with Gasteiger partial charge in [0.15, 0.2) is 0 Å². The molecule has 3 nitrogen and oxygen atoms in total. The monoisotopic (exact) mass is 299 g/mol. The van der Waals surface area contributed by atoms with Crippen LogP contribution in [0.2, 0.25) is 0 Å². The maximum Gasteiger partial charge on any atom is 0.0639 e. The summed E-state index contributed by atoms with van der Waals surface area (Å²) in [5.41, 5.74) is 1.11. The zero-order chi connectivity index (χ0) is 11.9. The second-order valence-corrected chi connectivity index (χ2v) is 5.07. The molecule has 0 spiro atoms. The standard InChI is InChI=1S/C13H18BrNO2/c14-12-3-1-2-4-13(12)15-6-8-17-10-11-5-7-16-9-11/h1-4,11,15H,5-10H2. The van der Waals surface area contributed by atoms with E-state index in [9.17, 15) is 0 Å². The van der Waals surface area contributed by atoms with Gasteiger partial charge in [0.25, 0.3) is 0 Å². The SMILES string of the molecule is Brc1ccccc1NCCOCC1CCOC1. The fraction of sp³-hybridized carbons (Fsp3) is 0.538. The Morgan fingerprint density at radius 1 is 1.41 bits per heavy atom. The molecule has 1 aliphatic heterocycles. The van der Waals surface area contributed by atoms with Gasteiger partial charge in [0, 0.05) is 29.2 Å². The maximum absolute atomic E-state index is 5.62. The van der Waals surface area contributed by atoms with Gasteiger partial charge in [0.2, 0.25) is 0 Å². The third-order valence-electron chi connectivity index (χ3n) is 2.81. The van der Waals surface area contributed by atoms with Crippen molar-refractivity contribution in [3.05, 3.63) is 28.7 Å². The van der Waals surface area contributed by atoms with Crippen LogP contribution in [0.25, 0.3) is 0 Å². The number of hydrogen-bond donors (Lipinski definition) is 1. The number of nitrogens with one attached hydrogen (secondary N) is 1. The van der Waals surface area contributed by atoms with Gasteiger partial charge in [-0.1, -0.05) is 12.1 Å². The molecule has 0 saturated carbocycles. The Labute approximate surface area is 111 Å². The lowest BCUT2D eigenvalue weighted by molar-refractivity contribution is 0.0964. The quantitative estimate of drug-likeness (QED) is 0.819. The molecule has 1 aromatic carbocycles. The average Bonchev–Trinajstić information content (AvgIpc) is 2.84. The van der Waals surface area contributed by atoms with E-state index in [1.54, 1.807) is 0 Å². The maximum atomic E-state index is 5.62. The van der Waals surface area contributed by atoms with Gasteiger partial charge in [-0.15, -0.1) is 0 Å². The minimum atomic E-state index is 0.596. The summed E-state index contributed by atoms with van der Waals surface area (Å²) in [5.74, 6) is 0.596. The van der Waals surface area contributed by atoms with Crippen molar-refractivity contribution in [1.29, 1.82) is 0 Å². The van der Waals surface area contributed by atoms with Gasteiger partial charge in [-0.25, -0.2) is 0 Å². The predicted molar refractivity (Wildman–Crippen MR) is 72.4 cm³/mol. The van der Waals surface area contributed by atoms with Crippen LogP contribution >= 0.6 is 15.9 Å². The highest BCUT2D eigenvalue weighted by Gasteiger charge is 2.15. The molecule has 0 aromatic heterocycles. The molecule has 0 radical (unpaired) electrons. The molecule has 94 valence electrons. The Morgan fingerprint density at radius 2 is 2.29 bits per heavy atom. The molecule has 1 N–H and O–H groups in total. The molecule has 1 saturated heterocycles. The molecule has 1 atom stereocenters. The largest absolute Gasteiger partial charge is 0.382 e. The van der Waals surface area contributed by atoms with Gasteiger partial charge in [-0.3, -0.25) is 0 Å². The Hall–Kier alpha value is -0.580. The van der Waals surface area contributed by atoms with Crippen molar-refractivity contribution < 1.29 is 9.47 Å². The molecule has 2 rings (SSSR count). The molecule has 1 aliphatic rings. The van der Waals surface area contributed by atoms with Gasteiger partial charge in [0.1, 0.15) is 0 Å². The topological polar surface area (TPSA) is 30.5 Å². The Balaban J connectivity index is 1.58. The second-order valence-electron chi connectivity index (χ2n) is 4.21. The summed E-state index contributed by atoms with van der Waals surface area (Å²) in [6.45, 7) is 4.13. The number of ether oxygens (including phenoxy) is 2. The highest BCUT2D eigenvalue weighted by atomic mass is 79.9. The number of halogens is 1. The first-order valence-electron chi connectivity index (χ1n) is 6.00. The molecular formula is C13H18BrNO2. The van der Waals surface area contributed by atoms with Crippen molar-refractivity contribution in [3.63, 3.8) is 0 Å². The van der Waals surface area contributed by atoms with E-state index in [1.807, 2.05) is 18.2 Å². The van der Waals surface area contributed by atoms with Crippen LogP contribution in [0, 0.1) is 5.92 Å². The Kier molecular flexibility index (Phi) is 5.29. The van der Waals surface area contributed by atoms with Crippen molar-refractivity contribution in [2.75, 3.05) is 38.3 Å². The highest BCUT2D eigenvalue weighted by molar-refractivity contribution is 9.10. The van der Waals surface area contributed by atoms with E-state index in [-0.39, 0.29) is 0 Å². The molecule has 0 aliphatic carbocycles. The lowest BCUT2D eigenvalue weighted by Crippen LogP contribution is -2.15. The average molecular weight is 300 g/mol. The molecule has 0 bridgehead atoms. The zero-order valence-electron chi connectivity index (χ0n) is 9.82. The smallest absolute Gasteiger partial charge is 0.0639 e. The van der Waals surface area contributed by atoms with Crippen LogP contribution in [0.15, 0.2) is 28.7 Å². The number of benzene rings is 1. The number of anilines is 1. The van der Waals surface area contributed by atoms with Crippen LogP contribution in [0.3, 0.4) is 0 Å². The third-order valence-corrected chi connectivity index (χ3v) is 3.50. The molecular weight excluding hydrogens is 282 g/mol. The van der Waals surface area contributed by atoms with E-state index < -0.39 is 0 Å². The summed E-state index contributed by atoms with van der Waals surface area (Å²) in [6, 6.07) is 8.10. The minimum absolute atomic E-state index is 0.596. The van der Waals surface area contributed by atoms with Gasteiger partial charge < -0.3 is 14.8 Å². The van der Waals surface area contributed by atoms with E-state index in [1.165, 1.54) is 0 Å². The fourth-order valence-corrected chi connectivity index (χ4v) is 2.25. The van der Waals surface area contributed by atoms with Gasteiger partial charge >= 0.3 is 0 Å². The minimum Gasteiger partial charge on any atom is -0.382 e. The van der Waals surface area contributed by atoms with E-state index in [4.69, 9.17) is 9.47 Å². The highest BCUT2D eigenvalue weighted by Crippen LogP contribution is 2.20. The molecule has 1 unspecified atom stereocenters. The summed E-state index contributed by atoms with van der Waals surface area (Å²) in [4.78, 5) is 0. The normalized spacial score (nSPS) is 19.5. The second kappa shape index (κ2) is 6.99. The van der Waals surface area contributed by atoms with Crippen LogP contribution in [-0.2, 0) is 9.47 Å². The zero-order valence-corrected chi connectivity index (χ0v) is 11.4. The Bertz CT molecular complexity index is 340. The summed E-state index contributed by atoms with van der Waals surface area (Å²) in [7, 11) is 0. The van der Waals surface area contributed by atoms with Crippen molar-refractivity contribution >= 4 is 21.6 Å². The predicted octanol–water partition coefficient (Wildman–Crippen LogP) is 2.91. The van der Waals surface area contributed by atoms with Crippen LogP contribution in [0.4, 0.5) is 5.69 Å². The van der Waals surface area contributed by atoms with E-state index >= 15 is 0 Å². The first-order chi connectivity index (χ1) is 8.36. The van der Waals surface area contributed by atoms with Crippen molar-refractivity contribution in [2.45, 2.75) is 6.42 Å². The number of rotatable bonds is 6. The molecule has 1 fully saturated rings. The van der Waals surface area contributed by atoms with Gasteiger partial charge in [0.05, 0.1) is 19.8 Å². The van der Waals surface area contributed by atoms with Crippen molar-refractivity contribution in [1.82, 2.24) is 0 Å². The van der Waals surface area contributed by atoms with Crippen molar-refractivity contribution in [2.24, 2.45) is 5.92 Å². The lowest BCUT2D eigenvalue weighted by atomic mass is 10.1. The lowest BCUT2D eigenvalue weighted by Gasteiger charge is -2.11. The van der Waals surface area contributed by atoms with Crippen molar-refractivity contribution in [3.8, 4) is 0 Å². The molecule has 17 heavy (non-hydrogen) atoms.